The highest BCUT2D eigenvalue weighted by molar-refractivity contribution is 5.79. The summed E-state index contributed by atoms with van der Waals surface area (Å²) >= 11 is 0. The van der Waals surface area contributed by atoms with Gasteiger partial charge in [0.1, 0.15) is 5.82 Å². The molecule has 8 heteroatoms. The maximum atomic E-state index is 4.66. The molecule has 2 N–H and O–H groups in total. The number of nitrogens with zero attached hydrogens (tertiary/aromatic N) is 6. The average molecular weight is 368 g/mol. The Morgan fingerprint density at radius 1 is 1.19 bits per heavy atom. The van der Waals surface area contributed by atoms with Gasteiger partial charge < -0.3 is 10.6 Å². The van der Waals surface area contributed by atoms with Gasteiger partial charge in [-0.1, -0.05) is 6.07 Å². The SMILES string of the molecule is CCNC(=NCCCn1nc(C)cc1C)NCCc1nnc2ccccn12. The molecular weight excluding hydrogens is 340 g/mol. The smallest absolute Gasteiger partial charge is 0.191 e. The first kappa shape index (κ1) is 18.9. The van der Waals surface area contributed by atoms with Crippen LogP contribution in [0.4, 0.5) is 0 Å². The van der Waals surface area contributed by atoms with Crippen molar-refractivity contribution in [2.45, 2.75) is 40.2 Å². The Bertz CT molecular complexity index is 892. The largest absolute Gasteiger partial charge is 0.357 e. The minimum atomic E-state index is 0.749. The molecule has 0 bridgehead atoms. The van der Waals surface area contributed by atoms with Crippen LogP contribution in [0, 0.1) is 13.8 Å². The van der Waals surface area contributed by atoms with Crippen LogP contribution in [-0.4, -0.2) is 50.0 Å². The highest BCUT2D eigenvalue weighted by Gasteiger charge is 2.05. The van der Waals surface area contributed by atoms with Crippen molar-refractivity contribution < 1.29 is 0 Å². The number of pyridine rings is 1. The first-order valence-corrected chi connectivity index (χ1v) is 9.49. The van der Waals surface area contributed by atoms with E-state index in [2.05, 4.69) is 50.8 Å². The number of aromatic nitrogens is 5. The summed E-state index contributed by atoms with van der Waals surface area (Å²) in [6.45, 7) is 9.39. The Hall–Kier alpha value is -2.90. The Morgan fingerprint density at radius 3 is 2.85 bits per heavy atom. The van der Waals surface area contributed by atoms with Gasteiger partial charge >= 0.3 is 0 Å². The summed E-state index contributed by atoms with van der Waals surface area (Å²) in [6, 6.07) is 8.01. The standard InChI is InChI=1S/C19H28N8/c1-4-20-19(21-10-7-13-27-16(3)14-15(2)25-27)22-11-9-18-24-23-17-8-5-6-12-26(17)18/h5-6,8,12,14H,4,7,9-11,13H2,1-3H3,(H2,20,21,22). The molecule has 0 aromatic carbocycles. The van der Waals surface area contributed by atoms with Gasteiger partial charge in [0, 0.05) is 44.5 Å². The highest BCUT2D eigenvalue weighted by atomic mass is 15.3. The average Bonchev–Trinajstić information content (AvgIpc) is 3.21. The lowest BCUT2D eigenvalue weighted by molar-refractivity contribution is 0.567. The fraction of sp³-hybridized carbons (Fsp3) is 0.474. The van der Waals surface area contributed by atoms with Crippen LogP contribution in [0.15, 0.2) is 35.5 Å². The van der Waals surface area contributed by atoms with E-state index in [1.807, 2.05) is 40.4 Å². The quantitative estimate of drug-likeness (QED) is 0.359. The summed E-state index contributed by atoms with van der Waals surface area (Å²) in [7, 11) is 0. The normalized spacial score (nSPS) is 11.9. The summed E-state index contributed by atoms with van der Waals surface area (Å²) in [4.78, 5) is 4.66. The van der Waals surface area contributed by atoms with Crippen molar-refractivity contribution >= 4 is 11.6 Å². The predicted molar refractivity (Wildman–Crippen MR) is 107 cm³/mol. The zero-order valence-electron chi connectivity index (χ0n) is 16.3. The molecule has 0 aliphatic heterocycles. The van der Waals surface area contributed by atoms with Crippen molar-refractivity contribution in [2.24, 2.45) is 4.99 Å². The Morgan fingerprint density at radius 2 is 2.07 bits per heavy atom. The van der Waals surface area contributed by atoms with Crippen LogP contribution in [0.1, 0.15) is 30.6 Å². The molecule has 3 rings (SSSR count). The lowest BCUT2D eigenvalue weighted by Gasteiger charge is -2.11. The van der Waals surface area contributed by atoms with E-state index in [-0.39, 0.29) is 0 Å². The van der Waals surface area contributed by atoms with E-state index in [0.717, 1.165) is 62.1 Å². The summed E-state index contributed by atoms with van der Waals surface area (Å²) < 4.78 is 4.06. The number of rotatable bonds is 8. The first-order valence-electron chi connectivity index (χ1n) is 9.49. The second-order valence-corrected chi connectivity index (χ2v) is 6.49. The zero-order chi connectivity index (χ0) is 19.1. The number of hydrogen-bond acceptors (Lipinski definition) is 4. The first-order chi connectivity index (χ1) is 13.2. The van der Waals surface area contributed by atoms with Gasteiger partial charge in [-0.15, -0.1) is 10.2 Å². The number of guanidine groups is 1. The molecule has 144 valence electrons. The summed E-state index contributed by atoms with van der Waals surface area (Å²) in [6.07, 6.45) is 3.72. The molecule has 3 aromatic rings. The van der Waals surface area contributed by atoms with Crippen LogP contribution in [0.5, 0.6) is 0 Å². The van der Waals surface area contributed by atoms with Gasteiger partial charge in [-0.2, -0.15) is 5.10 Å². The van der Waals surface area contributed by atoms with Crippen molar-refractivity contribution in [3.05, 3.63) is 47.7 Å². The molecule has 27 heavy (non-hydrogen) atoms. The van der Waals surface area contributed by atoms with Crippen LogP contribution >= 0.6 is 0 Å². The van der Waals surface area contributed by atoms with Crippen molar-refractivity contribution in [1.82, 2.24) is 35.0 Å². The van der Waals surface area contributed by atoms with Gasteiger partial charge in [0.05, 0.1) is 5.69 Å². The molecule has 0 fully saturated rings. The molecule has 0 spiro atoms. The zero-order valence-corrected chi connectivity index (χ0v) is 16.3. The van der Waals surface area contributed by atoms with Gasteiger partial charge in [-0.05, 0) is 45.4 Å². The van der Waals surface area contributed by atoms with Crippen LogP contribution in [0.3, 0.4) is 0 Å². The highest BCUT2D eigenvalue weighted by Crippen LogP contribution is 2.03. The molecule has 0 saturated carbocycles. The van der Waals surface area contributed by atoms with Crippen molar-refractivity contribution in [3.8, 4) is 0 Å². The minimum absolute atomic E-state index is 0.749. The van der Waals surface area contributed by atoms with E-state index < -0.39 is 0 Å². The van der Waals surface area contributed by atoms with E-state index in [1.165, 1.54) is 5.69 Å². The predicted octanol–water partition coefficient (Wildman–Crippen LogP) is 1.73. The van der Waals surface area contributed by atoms with Crippen LogP contribution in [0.2, 0.25) is 0 Å². The molecule has 0 radical (unpaired) electrons. The fourth-order valence-corrected chi connectivity index (χ4v) is 3.01. The Balaban J connectivity index is 1.48. The van der Waals surface area contributed by atoms with Crippen molar-refractivity contribution in [3.63, 3.8) is 0 Å². The van der Waals surface area contributed by atoms with E-state index in [0.29, 0.717) is 0 Å². The van der Waals surface area contributed by atoms with Gasteiger partial charge in [0.2, 0.25) is 0 Å². The van der Waals surface area contributed by atoms with Gasteiger partial charge in [-0.3, -0.25) is 14.1 Å². The third-order valence-electron chi connectivity index (χ3n) is 4.27. The second-order valence-electron chi connectivity index (χ2n) is 6.49. The van der Waals surface area contributed by atoms with E-state index in [4.69, 9.17) is 0 Å². The summed E-state index contributed by atoms with van der Waals surface area (Å²) in [5.74, 6) is 1.78. The molecule has 0 amide bonds. The maximum absolute atomic E-state index is 4.66. The molecule has 0 atom stereocenters. The third kappa shape index (κ3) is 5.06. The van der Waals surface area contributed by atoms with E-state index in [1.54, 1.807) is 0 Å². The molecule has 3 aromatic heterocycles. The molecule has 0 saturated heterocycles. The second kappa shape index (κ2) is 9.16. The van der Waals surface area contributed by atoms with Crippen molar-refractivity contribution in [1.29, 1.82) is 0 Å². The molecule has 0 aliphatic rings. The molecule has 8 nitrogen and oxygen atoms in total. The minimum Gasteiger partial charge on any atom is -0.357 e. The topological polar surface area (TPSA) is 84.4 Å². The van der Waals surface area contributed by atoms with Gasteiger partial charge in [-0.25, -0.2) is 0 Å². The van der Waals surface area contributed by atoms with Crippen LogP contribution in [0.25, 0.3) is 5.65 Å². The number of hydrogen-bond donors (Lipinski definition) is 2. The number of nitrogens with one attached hydrogen (secondary N) is 2. The Kier molecular flexibility index (Phi) is 6.40. The monoisotopic (exact) mass is 368 g/mol. The maximum Gasteiger partial charge on any atom is 0.191 e. The number of fused-ring (bicyclic) bond motifs is 1. The molecule has 0 aliphatic carbocycles. The summed E-state index contributed by atoms with van der Waals surface area (Å²) in [5.41, 5.74) is 3.13. The number of aliphatic imine (C=N–C) groups is 1. The van der Waals surface area contributed by atoms with Crippen LogP contribution < -0.4 is 10.6 Å². The number of aryl methyl sites for hydroxylation is 3. The van der Waals surface area contributed by atoms with E-state index in [9.17, 15) is 0 Å². The summed E-state index contributed by atoms with van der Waals surface area (Å²) in [5, 5.41) is 19.6. The fourth-order valence-electron chi connectivity index (χ4n) is 3.01. The lowest BCUT2D eigenvalue weighted by atomic mass is 10.4. The van der Waals surface area contributed by atoms with Crippen molar-refractivity contribution in [2.75, 3.05) is 19.6 Å². The lowest BCUT2D eigenvalue weighted by Crippen LogP contribution is -2.38. The molecule has 3 heterocycles. The third-order valence-corrected chi connectivity index (χ3v) is 4.27. The Labute approximate surface area is 159 Å². The van der Waals surface area contributed by atoms with Gasteiger partial charge in [0.25, 0.3) is 0 Å². The van der Waals surface area contributed by atoms with Crippen LogP contribution in [-0.2, 0) is 13.0 Å². The molecule has 0 unspecified atom stereocenters. The molecular formula is C19H28N8. The van der Waals surface area contributed by atoms with Gasteiger partial charge in [0.15, 0.2) is 11.6 Å². The van der Waals surface area contributed by atoms with E-state index >= 15 is 0 Å².